The monoisotopic (exact) mass is 263 g/mol. The molecule has 1 rings (SSSR count). The van der Waals surface area contributed by atoms with Gasteiger partial charge in [0, 0.05) is 16.9 Å². The van der Waals surface area contributed by atoms with Crippen LogP contribution in [0.2, 0.25) is 0 Å². The Hall–Kier alpha value is -2.20. The summed E-state index contributed by atoms with van der Waals surface area (Å²) in [5.74, 6) is -0.171. The smallest absolute Gasteiger partial charge is 0.303 e. The Bertz CT molecular complexity index is 470. The summed E-state index contributed by atoms with van der Waals surface area (Å²) in [5.41, 5.74) is 9.43. The molecule has 102 valence electrons. The fraction of sp³-hybridized carbons (Fsp3) is 0.462. The summed E-state index contributed by atoms with van der Waals surface area (Å²) in [4.78, 5) is 13.3. The predicted octanol–water partition coefficient (Wildman–Crippen LogP) is 3.69. The van der Waals surface area contributed by atoms with Crippen LogP contribution in [-0.4, -0.2) is 17.7 Å². The fourth-order valence-corrected chi connectivity index (χ4v) is 1.83. The second-order valence-electron chi connectivity index (χ2n) is 3.98. The first-order valence-corrected chi connectivity index (χ1v) is 6.16. The molecule has 19 heavy (non-hydrogen) atoms. The normalized spacial score (nSPS) is 11.4. The van der Waals surface area contributed by atoms with Crippen molar-refractivity contribution >= 4 is 5.97 Å². The Balaban J connectivity index is 2.85. The van der Waals surface area contributed by atoms with E-state index in [1.54, 1.807) is 0 Å². The highest BCUT2D eigenvalue weighted by atomic mass is 16.5. The van der Waals surface area contributed by atoms with Crippen molar-refractivity contribution in [3.8, 4) is 5.75 Å². The van der Waals surface area contributed by atoms with Crippen LogP contribution in [0.25, 0.3) is 10.4 Å². The summed E-state index contributed by atoms with van der Waals surface area (Å²) >= 11 is 0. The van der Waals surface area contributed by atoms with E-state index in [-0.39, 0.29) is 6.42 Å². The molecule has 0 aliphatic carbocycles. The van der Waals surface area contributed by atoms with E-state index >= 15 is 0 Å². The minimum Gasteiger partial charge on any atom is -0.494 e. The molecule has 0 saturated heterocycles. The van der Waals surface area contributed by atoms with Gasteiger partial charge in [-0.3, -0.25) is 4.79 Å². The first-order valence-electron chi connectivity index (χ1n) is 6.16. The number of carbonyl (C=O) groups is 1. The van der Waals surface area contributed by atoms with Crippen LogP contribution in [0.3, 0.4) is 0 Å². The molecule has 0 amide bonds. The molecular weight excluding hydrogens is 246 g/mol. The zero-order valence-electron chi connectivity index (χ0n) is 10.8. The Morgan fingerprint density at radius 3 is 2.89 bits per heavy atom. The highest BCUT2D eigenvalue weighted by Gasteiger charge is 2.14. The van der Waals surface area contributed by atoms with Crippen LogP contribution in [0, 0.1) is 0 Å². The number of carboxylic acid groups (broad SMARTS) is 1. The molecule has 0 aliphatic heterocycles. The van der Waals surface area contributed by atoms with E-state index in [0.29, 0.717) is 25.2 Å². The van der Waals surface area contributed by atoms with Gasteiger partial charge in [-0.1, -0.05) is 23.3 Å². The minimum absolute atomic E-state index is 0.0637. The first kappa shape index (κ1) is 14.9. The van der Waals surface area contributed by atoms with Gasteiger partial charge in [-0.2, -0.15) is 0 Å². The Kier molecular flexibility index (Phi) is 6.26. The first-order chi connectivity index (χ1) is 9.19. The molecule has 0 heterocycles. The molecule has 1 atom stereocenters. The Labute approximate surface area is 111 Å². The van der Waals surface area contributed by atoms with Gasteiger partial charge < -0.3 is 9.84 Å². The molecule has 0 saturated carbocycles. The van der Waals surface area contributed by atoms with Crippen molar-refractivity contribution < 1.29 is 14.6 Å². The molecule has 6 heteroatoms. The van der Waals surface area contributed by atoms with Crippen molar-refractivity contribution in [2.45, 2.75) is 32.2 Å². The molecule has 1 aromatic rings. The number of carboxylic acids is 1. The molecule has 6 nitrogen and oxygen atoms in total. The lowest BCUT2D eigenvalue weighted by Crippen LogP contribution is -2.02. The van der Waals surface area contributed by atoms with Crippen molar-refractivity contribution in [1.82, 2.24) is 0 Å². The number of rotatable bonds is 8. The van der Waals surface area contributed by atoms with Crippen molar-refractivity contribution in [3.05, 3.63) is 40.3 Å². The third kappa shape index (κ3) is 4.89. The van der Waals surface area contributed by atoms with E-state index in [0.717, 1.165) is 5.56 Å². The van der Waals surface area contributed by atoms with Crippen LogP contribution in [0.4, 0.5) is 0 Å². The van der Waals surface area contributed by atoms with Gasteiger partial charge >= 0.3 is 5.97 Å². The minimum atomic E-state index is -0.849. The highest BCUT2D eigenvalue weighted by molar-refractivity contribution is 5.66. The van der Waals surface area contributed by atoms with Gasteiger partial charge in [-0.05, 0) is 31.4 Å². The van der Waals surface area contributed by atoms with Crippen LogP contribution in [-0.2, 0) is 4.79 Å². The maximum atomic E-state index is 10.5. The molecule has 0 bridgehead atoms. The maximum Gasteiger partial charge on any atom is 0.303 e. The van der Waals surface area contributed by atoms with Crippen molar-refractivity contribution in [2.75, 3.05) is 6.61 Å². The van der Waals surface area contributed by atoms with Crippen molar-refractivity contribution in [2.24, 2.45) is 5.11 Å². The Morgan fingerprint density at radius 1 is 1.53 bits per heavy atom. The molecule has 1 N–H and O–H groups in total. The summed E-state index contributed by atoms with van der Waals surface area (Å²) in [6, 6.07) is 6.95. The van der Waals surface area contributed by atoms with Gasteiger partial charge in [0.25, 0.3) is 0 Å². The van der Waals surface area contributed by atoms with E-state index in [1.807, 2.05) is 31.2 Å². The zero-order valence-corrected chi connectivity index (χ0v) is 10.8. The van der Waals surface area contributed by atoms with Gasteiger partial charge in [-0.15, -0.1) is 0 Å². The number of para-hydroxylation sites is 1. The summed E-state index contributed by atoms with van der Waals surface area (Å²) in [6.45, 7) is 2.40. The van der Waals surface area contributed by atoms with E-state index in [2.05, 4.69) is 10.0 Å². The van der Waals surface area contributed by atoms with E-state index in [4.69, 9.17) is 15.4 Å². The molecule has 0 spiro atoms. The lowest BCUT2D eigenvalue weighted by atomic mass is 10.0. The average molecular weight is 263 g/mol. The molecule has 0 fully saturated rings. The second kappa shape index (κ2) is 8.00. The van der Waals surface area contributed by atoms with Gasteiger partial charge in [-0.25, -0.2) is 0 Å². The van der Waals surface area contributed by atoms with E-state index in [9.17, 15) is 4.79 Å². The standard InChI is InChI=1S/C13H17N3O3/c1-2-19-12-8-4-3-6-10(12)11(15-16-14)7-5-9-13(17)18/h3-4,6,8,11H,2,5,7,9H2,1H3,(H,17,18). The average Bonchev–Trinajstić information content (AvgIpc) is 2.38. The third-order valence-electron chi connectivity index (χ3n) is 2.64. The number of benzene rings is 1. The number of hydrogen-bond donors (Lipinski definition) is 1. The molecule has 0 radical (unpaired) electrons. The SMILES string of the molecule is CCOc1ccccc1C(CCCC(=O)O)N=[N+]=[N-]. The number of azide groups is 1. The third-order valence-corrected chi connectivity index (χ3v) is 2.64. The number of nitrogens with zero attached hydrogens (tertiary/aromatic N) is 3. The molecule has 1 unspecified atom stereocenters. The topological polar surface area (TPSA) is 95.3 Å². The van der Waals surface area contributed by atoms with Crippen molar-refractivity contribution in [3.63, 3.8) is 0 Å². The summed E-state index contributed by atoms with van der Waals surface area (Å²) in [5, 5.41) is 12.4. The second-order valence-corrected chi connectivity index (χ2v) is 3.98. The quantitative estimate of drug-likeness (QED) is 0.440. The van der Waals surface area contributed by atoms with Gasteiger partial charge in [0.05, 0.1) is 12.6 Å². The summed E-state index contributed by atoms with van der Waals surface area (Å²) in [7, 11) is 0. The van der Waals surface area contributed by atoms with E-state index in [1.165, 1.54) is 0 Å². The fourth-order valence-electron chi connectivity index (χ4n) is 1.83. The summed E-state index contributed by atoms with van der Waals surface area (Å²) in [6.07, 6.45) is 1.01. The zero-order chi connectivity index (χ0) is 14.1. The summed E-state index contributed by atoms with van der Waals surface area (Å²) < 4.78 is 5.49. The van der Waals surface area contributed by atoms with Crippen LogP contribution >= 0.6 is 0 Å². The molecule has 0 aliphatic rings. The molecule has 1 aromatic carbocycles. The molecular formula is C13H17N3O3. The largest absolute Gasteiger partial charge is 0.494 e. The van der Waals surface area contributed by atoms with Gasteiger partial charge in [0.2, 0.25) is 0 Å². The van der Waals surface area contributed by atoms with Gasteiger partial charge in [0.15, 0.2) is 0 Å². The van der Waals surface area contributed by atoms with Crippen molar-refractivity contribution in [1.29, 1.82) is 0 Å². The van der Waals surface area contributed by atoms with Crippen LogP contribution in [0.1, 0.15) is 37.8 Å². The maximum absolute atomic E-state index is 10.5. The van der Waals surface area contributed by atoms with E-state index < -0.39 is 12.0 Å². The number of aliphatic carboxylic acids is 1. The van der Waals surface area contributed by atoms with Gasteiger partial charge in [0.1, 0.15) is 5.75 Å². The number of ether oxygens (including phenoxy) is 1. The van der Waals surface area contributed by atoms with Crippen LogP contribution in [0.5, 0.6) is 5.75 Å². The molecule has 0 aromatic heterocycles. The highest BCUT2D eigenvalue weighted by Crippen LogP contribution is 2.31. The Morgan fingerprint density at radius 2 is 2.26 bits per heavy atom. The van der Waals surface area contributed by atoms with Crippen LogP contribution < -0.4 is 4.74 Å². The predicted molar refractivity (Wildman–Crippen MR) is 71.0 cm³/mol. The number of hydrogen-bond acceptors (Lipinski definition) is 3. The van der Waals surface area contributed by atoms with Crippen LogP contribution in [0.15, 0.2) is 29.4 Å². The lowest BCUT2D eigenvalue weighted by Gasteiger charge is -2.15. The lowest BCUT2D eigenvalue weighted by molar-refractivity contribution is -0.137.